The van der Waals surface area contributed by atoms with E-state index in [0.717, 1.165) is 70.5 Å². The molecule has 2 saturated heterocycles. The fourth-order valence-corrected chi connectivity index (χ4v) is 6.60. The largest absolute Gasteiger partial charge is 0.444 e. The summed E-state index contributed by atoms with van der Waals surface area (Å²) in [7, 11) is 0. The van der Waals surface area contributed by atoms with Crippen LogP contribution in [0.1, 0.15) is 102 Å². The van der Waals surface area contributed by atoms with Crippen LogP contribution in [0.25, 0.3) is 22.3 Å². The quantitative estimate of drug-likeness (QED) is 0.155. The van der Waals surface area contributed by atoms with Gasteiger partial charge in [0.25, 0.3) is 0 Å². The fourth-order valence-electron chi connectivity index (χ4n) is 6.60. The first-order valence-corrected chi connectivity index (χ1v) is 17.3. The van der Waals surface area contributed by atoms with E-state index in [9.17, 15) is 14.7 Å². The van der Waals surface area contributed by atoms with Gasteiger partial charge in [0.15, 0.2) is 0 Å². The van der Waals surface area contributed by atoms with E-state index in [1.54, 1.807) is 16.0 Å². The molecule has 3 atom stereocenters. The number of benzene rings is 2. The number of rotatable bonds is 3. The molecule has 7 rings (SSSR count). The first-order valence-electron chi connectivity index (χ1n) is 17.3. The molecule has 2 amide bonds. The van der Waals surface area contributed by atoms with Crippen LogP contribution in [0.3, 0.4) is 0 Å². The number of amides is 2. The second-order valence-corrected chi connectivity index (χ2v) is 15.3. The zero-order chi connectivity index (χ0) is 35.4. The zero-order valence-corrected chi connectivity index (χ0v) is 29.5. The van der Waals surface area contributed by atoms with Crippen molar-refractivity contribution >= 4 is 23.2 Å². The monoisotopic (exact) mass is 676 g/mol. The molecule has 3 fully saturated rings. The summed E-state index contributed by atoms with van der Waals surface area (Å²) in [5.74, 6) is 7.76. The first kappa shape index (κ1) is 33.4. The van der Waals surface area contributed by atoms with Gasteiger partial charge >= 0.3 is 12.2 Å². The van der Waals surface area contributed by atoms with Crippen molar-refractivity contribution in [1.29, 1.82) is 0 Å². The predicted octanol–water partition coefficient (Wildman–Crippen LogP) is 7.17. The number of ether oxygens (including phenoxy) is 2. The van der Waals surface area contributed by atoms with Gasteiger partial charge < -0.3 is 24.5 Å². The first-order chi connectivity index (χ1) is 23.7. The van der Waals surface area contributed by atoms with Gasteiger partial charge in [-0.2, -0.15) is 0 Å². The lowest BCUT2D eigenvalue weighted by Crippen LogP contribution is -2.38. The van der Waals surface area contributed by atoms with Crippen LogP contribution < -0.4 is 0 Å². The van der Waals surface area contributed by atoms with E-state index in [4.69, 9.17) is 14.5 Å². The van der Waals surface area contributed by atoms with E-state index in [0.29, 0.717) is 18.9 Å². The van der Waals surface area contributed by atoms with Gasteiger partial charge in [0.05, 0.1) is 29.0 Å². The molecule has 1 saturated carbocycles. The van der Waals surface area contributed by atoms with Crippen LogP contribution in [0.5, 0.6) is 0 Å². The lowest BCUT2D eigenvalue weighted by atomic mass is 10.1. The summed E-state index contributed by atoms with van der Waals surface area (Å²) in [5, 5.41) is 11.3. The number of aromatic nitrogens is 4. The maximum atomic E-state index is 13.2. The molecule has 2 aliphatic heterocycles. The predicted molar refractivity (Wildman–Crippen MR) is 189 cm³/mol. The topological polar surface area (TPSA) is 137 Å². The summed E-state index contributed by atoms with van der Waals surface area (Å²) in [4.78, 5) is 45.5. The Balaban J connectivity index is 1.05. The molecule has 3 aliphatic rings. The Morgan fingerprint density at radius 3 is 2.22 bits per heavy atom. The normalized spacial score (nSPS) is 20.7. The van der Waals surface area contributed by atoms with Gasteiger partial charge in [-0.05, 0) is 109 Å². The molecule has 0 spiro atoms. The van der Waals surface area contributed by atoms with Crippen molar-refractivity contribution in [3.8, 4) is 23.1 Å². The van der Waals surface area contributed by atoms with Crippen molar-refractivity contribution in [3.63, 3.8) is 0 Å². The molecule has 11 heteroatoms. The average Bonchev–Trinajstić information content (AvgIpc) is 3.41. The van der Waals surface area contributed by atoms with Crippen LogP contribution in [0.15, 0.2) is 59.8 Å². The number of aliphatic hydroxyl groups is 1. The number of fused-ring (bicyclic) bond motifs is 1. The Hall–Kier alpha value is -5.08. The molecule has 4 heterocycles. The molecule has 260 valence electrons. The Kier molecular flexibility index (Phi) is 8.47. The van der Waals surface area contributed by atoms with E-state index in [1.807, 2.05) is 84.0 Å². The van der Waals surface area contributed by atoms with Crippen LogP contribution in [0.4, 0.5) is 9.59 Å². The number of nitrogens with one attached hydrogen (secondary N) is 2. The average molecular weight is 677 g/mol. The molecule has 0 bridgehead atoms. The fraction of sp³-hybridized carbons (Fsp3) is 0.436. The van der Waals surface area contributed by atoms with E-state index in [-0.39, 0.29) is 12.1 Å². The molecule has 11 nitrogen and oxygen atoms in total. The number of hydrogen-bond donors (Lipinski definition) is 3. The number of nitrogens with zero attached hydrogens (tertiary/aromatic N) is 4. The summed E-state index contributed by atoms with van der Waals surface area (Å²) in [5.41, 5.74) is 5.89. The maximum Gasteiger partial charge on any atom is 0.411 e. The number of likely N-dealkylation sites (tertiary alicyclic amines) is 2. The molecule has 2 aromatic carbocycles. The third-order valence-corrected chi connectivity index (χ3v) is 9.03. The highest BCUT2D eigenvalue weighted by Gasteiger charge is 2.46. The van der Waals surface area contributed by atoms with Gasteiger partial charge in [-0.1, -0.05) is 29.5 Å². The highest BCUT2D eigenvalue weighted by molar-refractivity contribution is 5.78. The van der Waals surface area contributed by atoms with Crippen LogP contribution >= 0.6 is 0 Å². The van der Waals surface area contributed by atoms with E-state index < -0.39 is 29.4 Å². The molecule has 50 heavy (non-hydrogen) atoms. The highest BCUT2D eigenvalue weighted by atomic mass is 16.6. The lowest BCUT2D eigenvalue weighted by molar-refractivity contribution is 0.0143. The second-order valence-electron chi connectivity index (χ2n) is 15.3. The number of imidazole rings is 2. The molecule has 3 N–H and O–H groups in total. The number of hydrogen-bond acceptors (Lipinski definition) is 7. The molecule has 2 aromatic heterocycles. The van der Waals surface area contributed by atoms with Crippen molar-refractivity contribution in [2.24, 2.45) is 0 Å². The smallest absolute Gasteiger partial charge is 0.411 e. The molecular formula is C39H44N6O5. The number of aromatic amines is 2. The standard InChI is InChI=1S/C39H44N6O5/c1-38(2,3)49-36(47)44-19-7-8-31(44)34-40-21-30(43-34)26-14-11-23(12-15-26)9-10-24-13-18-28-29(20-24)42-35(41-28)32-33(46)27(25-16-17-25)22-45(32)37(48)50-39(4,5)6/h11-15,18,20-21,31-33,46H,7-8,16-17,19,22H2,1-6H3,(H,40,43)(H,41,42)/t31-,32-,33+/m0/s1. The third-order valence-electron chi connectivity index (χ3n) is 9.03. The third kappa shape index (κ3) is 7.12. The Bertz CT molecular complexity index is 2030. The van der Waals surface area contributed by atoms with Gasteiger partial charge in [-0.15, -0.1) is 0 Å². The minimum atomic E-state index is -0.842. The summed E-state index contributed by atoms with van der Waals surface area (Å²) >= 11 is 0. The molecular weight excluding hydrogens is 632 g/mol. The van der Waals surface area contributed by atoms with Crippen LogP contribution in [-0.2, 0) is 9.47 Å². The summed E-state index contributed by atoms with van der Waals surface area (Å²) in [6, 6.07) is 12.9. The number of aliphatic hydroxyl groups excluding tert-OH is 1. The SMILES string of the molecule is CC(C)(C)OC(=O)N1CC(=C2CC2)[C@@H](O)[C@H]1c1nc2ccc(C#Cc3ccc(-c4cnc([C@@H]5CCCN5C(=O)OC(C)(C)C)[nH]4)cc3)cc2[nH]1. The van der Waals surface area contributed by atoms with Crippen molar-refractivity contribution in [1.82, 2.24) is 29.7 Å². The number of carbonyl (C=O) groups is 2. The second kappa shape index (κ2) is 12.7. The minimum Gasteiger partial charge on any atom is -0.444 e. The number of carbonyl (C=O) groups excluding carboxylic acids is 2. The summed E-state index contributed by atoms with van der Waals surface area (Å²) in [6.45, 7) is 12.1. The Morgan fingerprint density at radius 2 is 1.54 bits per heavy atom. The van der Waals surface area contributed by atoms with Gasteiger partial charge in [0.1, 0.15) is 35.0 Å². The summed E-state index contributed by atoms with van der Waals surface area (Å²) < 4.78 is 11.3. The highest BCUT2D eigenvalue weighted by Crippen LogP contribution is 2.43. The van der Waals surface area contributed by atoms with Crippen molar-refractivity contribution in [3.05, 3.63) is 82.6 Å². The van der Waals surface area contributed by atoms with Gasteiger partial charge in [0, 0.05) is 24.2 Å². The maximum absolute atomic E-state index is 13.2. The molecule has 0 unspecified atom stereocenters. The molecule has 4 aromatic rings. The zero-order valence-electron chi connectivity index (χ0n) is 29.5. The van der Waals surface area contributed by atoms with Crippen molar-refractivity contribution in [2.45, 2.75) is 96.6 Å². The number of H-pyrrole nitrogens is 2. The van der Waals surface area contributed by atoms with E-state index in [1.165, 1.54) is 5.57 Å². The van der Waals surface area contributed by atoms with E-state index in [2.05, 4.69) is 26.8 Å². The van der Waals surface area contributed by atoms with Crippen LogP contribution in [-0.4, -0.2) is 77.4 Å². The Morgan fingerprint density at radius 1 is 0.880 bits per heavy atom. The lowest BCUT2D eigenvalue weighted by Gasteiger charge is -2.28. The molecule has 1 aliphatic carbocycles. The molecule has 0 radical (unpaired) electrons. The summed E-state index contributed by atoms with van der Waals surface area (Å²) in [6.07, 6.45) is 3.81. The van der Waals surface area contributed by atoms with Gasteiger partial charge in [-0.3, -0.25) is 9.80 Å². The van der Waals surface area contributed by atoms with E-state index >= 15 is 0 Å². The van der Waals surface area contributed by atoms with Gasteiger partial charge in [0.2, 0.25) is 0 Å². The van der Waals surface area contributed by atoms with Gasteiger partial charge in [-0.25, -0.2) is 19.6 Å². The minimum absolute atomic E-state index is 0.142. The van der Waals surface area contributed by atoms with Crippen molar-refractivity contribution in [2.75, 3.05) is 13.1 Å². The van der Waals surface area contributed by atoms with Crippen LogP contribution in [0.2, 0.25) is 0 Å². The van der Waals surface area contributed by atoms with Crippen LogP contribution in [0, 0.1) is 11.8 Å². The van der Waals surface area contributed by atoms with Crippen molar-refractivity contribution < 1.29 is 24.2 Å². The Labute approximate surface area is 292 Å². The number of allylic oxidation sites excluding steroid dienone is 1.